The molecule has 5 rings (SSSR count). The first kappa shape index (κ1) is 33.8. The van der Waals surface area contributed by atoms with Crippen molar-refractivity contribution in [2.45, 2.75) is 47.9 Å². The van der Waals surface area contributed by atoms with Gasteiger partial charge in [0.15, 0.2) is 5.16 Å². The lowest BCUT2D eigenvalue weighted by Gasteiger charge is -2.29. The SMILES string of the molecule is COc1cc(C(C)(C)c2cnc(SCc3c(F)cc(S(=O)(=O)N4CC[C](C(=O)O)CC4)cc3F)n2-c2ccc(F)cc2)ccc1Cl. The van der Waals surface area contributed by atoms with Crippen molar-refractivity contribution >= 4 is 39.4 Å². The predicted molar refractivity (Wildman–Crippen MR) is 168 cm³/mol. The van der Waals surface area contributed by atoms with Gasteiger partial charge in [0, 0.05) is 35.5 Å². The van der Waals surface area contributed by atoms with Crippen LogP contribution in [0.4, 0.5) is 13.2 Å². The fourth-order valence-electron chi connectivity index (χ4n) is 5.28. The van der Waals surface area contributed by atoms with E-state index in [1.165, 1.54) is 19.2 Å². The molecule has 243 valence electrons. The standard InChI is InChI=1S/C32H30ClF3N3O5S2/c1-32(2,20-4-9-25(33)28(14-20)44-3)29-17-37-31(39(29)22-7-5-21(34)6-8-22)45-18-24-26(35)15-23(16-27(24)36)46(42,43)38-12-10-19(11-13-38)30(40)41/h4-9,14-17H,10-13,18H2,1-3H3,(H,40,41). The lowest BCUT2D eigenvalue weighted by molar-refractivity contribution is -0.135. The zero-order valence-electron chi connectivity index (χ0n) is 25.1. The first-order valence-corrected chi connectivity index (χ1v) is 16.9. The summed E-state index contributed by atoms with van der Waals surface area (Å²) in [4.78, 5) is 15.2. The van der Waals surface area contributed by atoms with E-state index in [0.717, 1.165) is 33.8 Å². The Kier molecular flexibility index (Phi) is 9.78. The zero-order chi connectivity index (χ0) is 33.4. The van der Waals surface area contributed by atoms with Crippen molar-refractivity contribution in [3.8, 4) is 11.4 Å². The topological polar surface area (TPSA) is 102 Å². The summed E-state index contributed by atoms with van der Waals surface area (Å²) >= 11 is 7.28. The van der Waals surface area contributed by atoms with Gasteiger partial charge in [-0.2, -0.15) is 4.31 Å². The van der Waals surface area contributed by atoms with Crippen LogP contribution >= 0.6 is 23.4 Å². The summed E-state index contributed by atoms with van der Waals surface area (Å²) in [5.41, 5.74) is 1.06. The van der Waals surface area contributed by atoms with Gasteiger partial charge in [-0.3, -0.25) is 9.36 Å². The maximum Gasteiger partial charge on any atom is 0.310 e. The molecule has 2 heterocycles. The molecule has 0 spiro atoms. The fraction of sp³-hybridized carbons (Fsp3) is 0.281. The summed E-state index contributed by atoms with van der Waals surface area (Å²) in [7, 11) is -2.74. The van der Waals surface area contributed by atoms with Crippen LogP contribution in [0.15, 0.2) is 70.8 Å². The number of piperidine rings is 1. The highest BCUT2D eigenvalue weighted by molar-refractivity contribution is 7.98. The Morgan fingerprint density at radius 3 is 2.26 bits per heavy atom. The highest BCUT2D eigenvalue weighted by Crippen LogP contribution is 2.39. The van der Waals surface area contributed by atoms with Crippen LogP contribution in [0.3, 0.4) is 0 Å². The molecule has 1 aliphatic heterocycles. The number of hydrogen-bond donors (Lipinski definition) is 1. The number of ether oxygens (including phenoxy) is 1. The van der Waals surface area contributed by atoms with Crippen LogP contribution in [0.1, 0.15) is 43.5 Å². The van der Waals surface area contributed by atoms with E-state index in [9.17, 15) is 17.6 Å². The van der Waals surface area contributed by atoms with E-state index in [0.29, 0.717) is 27.3 Å². The van der Waals surface area contributed by atoms with Crippen LogP contribution in [0.2, 0.25) is 5.02 Å². The number of aromatic nitrogens is 2. The third kappa shape index (κ3) is 6.64. The lowest BCUT2D eigenvalue weighted by Crippen LogP contribution is -2.39. The van der Waals surface area contributed by atoms with Gasteiger partial charge in [0.1, 0.15) is 23.2 Å². The summed E-state index contributed by atoms with van der Waals surface area (Å²) in [5, 5.41) is 9.96. The number of sulfonamides is 1. The molecule has 1 saturated heterocycles. The highest BCUT2D eigenvalue weighted by Gasteiger charge is 2.34. The summed E-state index contributed by atoms with van der Waals surface area (Å²) < 4.78 is 79.1. The molecule has 1 fully saturated rings. The van der Waals surface area contributed by atoms with Gasteiger partial charge in [-0.15, -0.1) is 0 Å². The number of imidazole rings is 1. The molecule has 1 aliphatic rings. The normalized spacial score (nSPS) is 14.8. The number of rotatable bonds is 10. The summed E-state index contributed by atoms with van der Waals surface area (Å²) in [6, 6.07) is 12.7. The summed E-state index contributed by atoms with van der Waals surface area (Å²) in [5.74, 6) is -3.16. The molecule has 1 radical (unpaired) electrons. The molecule has 0 saturated carbocycles. The van der Waals surface area contributed by atoms with E-state index < -0.39 is 43.8 Å². The van der Waals surface area contributed by atoms with Crippen molar-refractivity contribution in [3.05, 3.63) is 106 Å². The molecule has 0 atom stereocenters. The maximum absolute atomic E-state index is 15.4. The number of methoxy groups -OCH3 is 1. The molecule has 0 amide bonds. The Balaban J connectivity index is 1.45. The van der Waals surface area contributed by atoms with E-state index >= 15 is 8.78 Å². The number of hydrogen-bond acceptors (Lipinski definition) is 6. The first-order chi connectivity index (χ1) is 21.7. The molecular formula is C32H30ClF3N3O5S2. The van der Waals surface area contributed by atoms with E-state index in [2.05, 4.69) is 4.98 Å². The number of benzene rings is 3. The second-order valence-corrected chi connectivity index (χ2v) is 14.5. The minimum Gasteiger partial charge on any atom is -0.495 e. The third-order valence-corrected chi connectivity index (χ3v) is 11.2. The Labute approximate surface area is 274 Å². The lowest BCUT2D eigenvalue weighted by atomic mass is 9.81. The Morgan fingerprint density at radius 1 is 1.04 bits per heavy atom. The Hall–Kier alpha value is -3.52. The van der Waals surface area contributed by atoms with Crippen molar-refractivity contribution in [2.75, 3.05) is 20.2 Å². The van der Waals surface area contributed by atoms with Crippen LogP contribution in [0, 0.1) is 23.4 Å². The van der Waals surface area contributed by atoms with Crippen molar-refractivity contribution in [2.24, 2.45) is 0 Å². The minimum atomic E-state index is -4.26. The first-order valence-electron chi connectivity index (χ1n) is 14.1. The number of nitrogens with zero attached hydrogens (tertiary/aromatic N) is 3. The number of halogens is 4. The number of carboxylic acid groups (broad SMARTS) is 1. The largest absolute Gasteiger partial charge is 0.495 e. The van der Waals surface area contributed by atoms with Gasteiger partial charge in [0.2, 0.25) is 10.0 Å². The molecule has 1 aromatic heterocycles. The van der Waals surface area contributed by atoms with E-state index in [-0.39, 0.29) is 43.2 Å². The number of thioether (sulfide) groups is 1. The van der Waals surface area contributed by atoms with E-state index in [1.807, 2.05) is 26.0 Å². The van der Waals surface area contributed by atoms with Crippen molar-refractivity contribution in [3.63, 3.8) is 0 Å². The van der Waals surface area contributed by atoms with Crippen LogP contribution in [-0.4, -0.2) is 53.5 Å². The van der Waals surface area contributed by atoms with Gasteiger partial charge in [-0.05, 0) is 66.9 Å². The van der Waals surface area contributed by atoms with Crippen molar-refractivity contribution < 1.29 is 36.2 Å². The maximum atomic E-state index is 15.4. The van der Waals surface area contributed by atoms with Gasteiger partial charge in [-0.25, -0.2) is 26.6 Å². The smallest absolute Gasteiger partial charge is 0.310 e. The molecule has 1 N–H and O–H groups in total. The second kappa shape index (κ2) is 13.3. The number of carbonyl (C=O) groups is 1. The molecule has 0 unspecified atom stereocenters. The highest BCUT2D eigenvalue weighted by atomic mass is 35.5. The van der Waals surface area contributed by atoms with Crippen LogP contribution in [0.5, 0.6) is 5.75 Å². The van der Waals surface area contributed by atoms with Crippen LogP contribution in [0.25, 0.3) is 5.69 Å². The number of aliphatic carboxylic acids is 1. The number of carboxylic acids is 1. The Morgan fingerprint density at radius 2 is 1.67 bits per heavy atom. The molecule has 14 heteroatoms. The van der Waals surface area contributed by atoms with Gasteiger partial charge < -0.3 is 9.84 Å². The minimum absolute atomic E-state index is 0.0271. The van der Waals surface area contributed by atoms with Crippen LogP contribution < -0.4 is 4.74 Å². The average molecular weight is 693 g/mol. The molecule has 8 nitrogen and oxygen atoms in total. The van der Waals surface area contributed by atoms with Crippen molar-refractivity contribution in [1.82, 2.24) is 13.9 Å². The molecule has 46 heavy (non-hydrogen) atoms. The molecule has 3 aromatic carbocycles. The van der Waals surface area contributed by atoms with Gasteiger partial charge in [0.25, 0.3) is 0 Å². The fourth-order valence-corrected chi connectivity index (χ4v) is 7.95. The second-order valence-electron chi connectivity index (χ2n) is 11.2. The average Bonchev–Trinajstić information content (AvgIpc) is 3.46. The van der Waals surface area contributed by atoms with Gasteiger partial charge in [0.05, 0.1) is 34.8 Å². The molecular weight excluding hydrogens is 663 g/mol. The van der Waals surface area contributed by atoms with Crippen LogP contribution in [-0.2, 0) is 26.0 Å². The van der Waals surface area contributed by atoms with E-state index in [4.69, 9.17) is 21.4 Å². The van der Waals surface area contributed by atoms with Crippen molar-refractivity contribution in [1.29, 1.82) is 0 Å². The zero-order valence-corrected chi connectivity index (χ0v) is 27.4. The predicted octanol–water partition coefficient (Wildman–Crippen LogP) is 7.01. The summed E-state index contributed by atoms with van der Waals surface area (Å²) in [6.45, 7) is 3.72. The summed E-state index contributed by atoms with van der Waals surface area (Å²) in [6.07, 6.45) is 1.69. The quantitative estimate of drug-likeness (QED) is 0.178. The van der Waals surface area contributed by atoms with Gasteiger partial charge in [-0.1, -0.05) is 43.3 Å². The molecule has 4 aromatic rings. The molecule has 0 bridgehead atoms. The monoisotopic (exact) mass is 692 g/mol. The van der Waals surface area contributed by atoms with E-state index in [1.54, 1.807) is 29.0 Å². The third-order valence-electron chi connectivity index (χ3n) is 8.05. The Bertz CT molecular complexity index is 1850. The molecule has 0 aliphatic carbocycles. The van der Waals surface area contributed by atoms with Gasteiger partial charge >= 0.3 is 5.97 Å².